The maximum absolute atomic E-state index is 12.4. The third-order valence-corrected chi connectivity index (χ3v) is 8.26. The molecule has 32 heavy (non-hydrogen) atoms. The summed E-state index contributed by atoms with van der Waals surface area (Å²) in [5.74, 6) is 1.82. The molecule has 0 saturated carbocycles. The third kappa shape index (κ3) is 18.7. The van der Waals surface area contributed by atoms with E-state index < -0.39 is 32.4 Å². The number of Topliss-reactive ketones (excluding diaryl/α,β-unsaturated/α-hetero) is 1. The van der Waals surface area contributed by atoms with Crippen LogP contribution in [0.5, 0.6) is 0 Å². The predicted octanol–water partition coefficient (Wildman–Crippen LogP) is 3.40. The Kier molecular flexibility index (Phi) is 18.9. The highest BCUT2D eigenvalue weighted by Gasteiger charge is 2.31. The van der Waals surface area contributed by atoms with Crippen LogP contribution in [0.3, 0.4) is 0 Å². The summed E-state index contributed by atoms with van der Waals surface area (Å²) in [6.45, 7) is 1.72. The van der Waals surface area contributed by atoms with E-state index in [1.165, 1.54) is 31.4 Å². The molecule has 11 heteroatoms. The van der Waals surface area contributed by atoms with Crippen molar-refractivity contribution >= 4 is 35.2 Å². The van der Waals surface area contributed by atoms with Gasteiger partial charge in [-0.05, 0) is 12.8 Å². The molecule has 0 fully saturated rings. The molecule has 0 aliphatic heterocycles. The number of hydrogen-bond acceptors (Lipinski definition) is 9. The van der Waals surface area contributed by atoms with Crippen molar-refractivity contribution in [2.24, 2.45) is 0 Å². The number of phosphoric acid groups is 1. The first kappa shape index (κ1) is 32.4. The van der Waals surface area contributed by atoms with Gasteiger partial charge in [-0.15, -0.1) is 0 Å². The van der Waals surface area contributed by atoms with Crippen molar-refractivity contribution in [1.29, 1.82) is 0 Å². The van der Waals surface area contributed by atoms with Crippen LogP contribution in [0.15, 0.2) is 0 Å². The molecule has 0 radical (unpaired) electrons. The van der Waals surface area contributed by atoms with Crippen molar-refractivity contribution in [3.8, 4) is 0 Å². The molecule has 0 aliphatic rings. The lowest BCUT2D eigenvalue weighted by atomic mass is 10.0. The molecule has 0 aromatic heterocycles. The van der Waals surface area contributed by atoms with Gasteiger partial charge in [-0.25, -0.2) is 0 Å². The Hall–Kier alpha value is 0.360. The lowest BCUT2D eigenvalue weighted by Gasteiger charge is -2.30. The zero-order chi connectivity index (χ0) is 24.5. The van der Waals surface area contributed by atoms with Crippen LogP contribution in [-0.4, -0.2) is 85.1 Å². The summed E-state index contributed by atoms with van der Waals surface area (Å²) >= 11 is 0. The molecule has 0 spiro atoms. The lowest BCUT2D eigenvalue weighted by molar-refractivity contribution is -0.870. The van der Waals surface area contributed by atoms with Gasteiger partial charge in [-0.2, -0.15) is 0 Å². The minimum atomic E-state index is -4.78. The fraction of sp³-hybridized carbons (Fsp3) is 0.952. The fourth-order valence-electron chi connectivity index (χ4n) is 2.84. The summed E-state index contributed by atoms with van der Waals surface area (Å²) in [7, 11) is 4.72. The van der Waals surface area contributed by atoms with Gasteiger partial charge in [0.1, 0.15) is 19.3 Å². The first-order valence-electron chi connectivity index (χ1n) is 11.5. The van der Waals surface area contributed by atoms with E-state index in [2.05, 4.69) is 6.92 Å². The summed E-state index contributed by atoms with van der Waals surface area (Å²) in [6, 6.07) is 0. The Morgan fingerprint density at radius 1 is 1.03 bits per heavy atom. The second kappa shape index (κ2) is 18.7. The number of nitrogens with zero attached hydrogens (tertiary/aromatic N) is 1. The van der Waals surface area contributed by atoms with Gasteiger partial charge in [0.2, 0.25) is 0 Å². The Morgan fingerprint density at radius 2 is 1.59 bits per heavy atom. The fourth-order valence-corrected chi connectivity index (χ4v) is 5.56. The molecule has 0 aliphatic carbocycles. The number of carbonyl (C=O) groups is 1. The highest BCUT2D eigenvalue weighted by molar-refractivity contribution is 8.76. The summed E-state index contributed by atoms with van der Waals surface area (Å²) in [5.41, 5.74) is 0. The predicted molar refractivity (Wildman–Crippen MR) is 132 cm³/mol. The van der Waals surface area contributed by atoms with E-state index in [-0.39, 0.29) is 13.0 Å². The van der Waals surface area contributed by atoms with Crippen molar-refractivity contribution in [3.63, 3.8) is 0 Å². The van der Waals surface area contributed by atoms with E-state index in [1.807, 2.05) is 42.7 Å². The average Bonchev–Trinajstić information content (AvgIpc) is 2.71. The van der Waals surface area contributed by atoms with Crippen molar-refractivity contribution in [2.45, 2.75) is 76.9 Å². The largest absolute Gasteiger partial charge is 0.756 e. The van der Waals surface area contributed by atoms with Gasteiger partial charge in [-0.3, -0.25) is 9.36 Å². The number of unbranched alkanes of at least 4 members (excludes halogenated alkanes) is 7. The van der Waals surface area contributed by atoms with Gasteiger partial charge in [0.15, 0.2) is 11.9 Å². The Balaban J connectivity index is 4.15. The van der Waals surface area contributed by atoms with Gasteiger partial charge in [0, 0.05) is 17.9 Å². The number of hydrogen-bond donors (Lipinski definition) is 2. The second-order valence-electron chi connectivity index (χ2n) is 8.84. The number of aliphatic hydroxyl groups is 2. The van der Waals surface area contributed by atoms with E-state index >= 15 is 0 Å². The number of rotatable bonds is 22. The molecule has 3 atom stereocenters. The summed E-state index contributed by atoms with van der Waals surface area (Å²) < 4.78 is 22.2. The Bertz CT molecular complexity index is 535. The van der Waals surface area contributed by atoms with Crippen molar-refractivity contribution in [3.05, 3.63) is 0 Å². The molecule has 2 unspecified atom stereocenters. The van der Waals surface area contributed by atoms with E-state index in [9.17, 15) is 24.5 Å². The Morgan fingerprint density at radius 3 is 2.12 bits per heavy atom. The van der Waals surface area contributed by atoms with E-state index in [1.54, 1.807) is 0 Å². The molecular weight excluding hydrogens is 473 g/mol. The van der Waals surface area contributed by atoms with E-state index in [0.29, 0.717) is 17.4 Å². The number of phosphoric ester groups is 1. The smallest absolute Gasteiger partial charge is 0.268 e. The quantitative estimate of drug-likeness (QED) is 0.0964. The van der Waals surface area contributed by atoms with Crippen LogP contribution in [0.25, 0.3) is 0 Å². The molecule has 192 valence electrons. The molecule has 0 rings (SSSR count). The number of carbonyl (C=O) groups excluding carboxylic acids is 1. The highest BCUT2D eigenvalue weighted by atomic mass is 33.1. The number of ketones is 1. The summed E-state index contributed by atoms with van der Waals surface area (Å²) in [4.78, 5) is 24.5. The molecule has 0 heterocycles. The molecular formula is C21H44NO7PS2. The number of aliphatic hydroxyl groups excluding tert-OH is 2. The van der Waals surface area contributed by atoms with Crippen molar-refractivity contribution in [2.75, 3.05) is 52.4 Å². The maximum Gasteiger partial charge on any atom is 0.268 e. The van der Waals surface area contributed by atoms with Gasteiger partial charge < -0.3 is 28.6 Å². The minimum Gasteiger partial charge on any atom is -0.756 e. The van der Waals surface area contributed by atoms with Crippen LogP contribution in [-0.2, 0) is 18.4 Å². The second-order valence-corrected chi connectivity index (χ2v) is 13.1. The van der Waals surface area contributed by atoms with Crippen LogP contribution in [0.4, 0.5) is 0 Å². The normalized spacial score (nSPS) is 16.0. The van der Waals surface area contributed by atoms with Gasteiger partial charge in [-0.1, -0.05) is 67.0 Å². The molecule has 0 amide bonds. The van der Waals surface area contributed by atoms with Gasteiger partial charge in [0.05, 0.1) is 27.7 Å². The summed E-state index contributed by atoms with van der Waals surface area (Å²) in [6.07, 6.45) is 5.31. The van der Waals surface area contributed by atoms with Crippen molar-refractivity contribution < 1.29 is 38.0 Å². The van der Waals surface area contributed by atoms with Crippen molar-refractivity contribution in [1.82, 2.24) is 0 Å². The Labute approximate surface area is 202 Å². The SMILES string of the molecule is CCSSCCCCCCCCCCC(=O)C(OP(=O)([O-])OCC[N+](C)(C)C)[C@@H](O)CO. The first-order valence-corrected chi connectivity index (χ1v) is 15.5. The maximum atomic E-state index is 12.4. The molecule has 2 N–H and O–H groups in total. The van der Waals surface area contributed by atoms with Gasteiger partial charge >= 0.3 is 0 Å². The van der Waals surface area contributed by atoms with E-state index in [0.717, 1.165) is 25.0 Å². The van der Waals surface area contributed by atoms with E-state index in [4.69, 9.17) is 9.05 Å². The zero-order valence-electron chi connectivity index (χ0n) is 20.2. The third-order valence-electron chi connectivity index (χ3n) is 4.71. The highest BCUT2D eigenvalue weighted by Crippen LogP contribution is 2.40. The van der Waals surface area contributed by atoms with Crippen LogP contribution in [0, 0.1) is 0 Å². The zero-order valence-corrected chi connectivity index (χ0v) is 22.7. The lowest BCUT2D eigenvalue weighted by Crippen LogP contribution is -2.40. The average molecular weight is 518 g/mol. The molecule has 0 aromatic carbocycles. The standard InChI is InChI=1S/C21H44NO7PS2/c1-5-31-32-17-13-11-9-7-6-8-10-12-14-19(24)21(20(25)18-23)29-30(26,27)28-16-15-22(2,3)4/h20-21,23,25H,5-18H2,1-4H3/t20-,21?/m0/s1. The first-order chi connectivity index (χ1) is 15.0. The minimum absolute atomic E-state index is 0.0902. The van der Waals surface area contributed by atoms with Gasteiger partial charge in [0.25, 0.3) is 7.82 Å². The molecule has 0 bridgehead atoms. The molecule has 0 aromatic rings. The van der Waals surface area contributed by atoms with Crippen LogP contribution < -0.4 is 4.89 Å². The number of likely N-dealkylation sites (N-methyl/N-ethyl adjacent to an activating group) is 1. The van der Waals surface area contributed by atoms with Crippen LogP contribution in [0.2, 0.25) is 0 Å². The summed E-state index contributed by atoms with van der Waals surface area (Å²) in [5, 5.41) is 19.1. The topological polar surface area (TPSA) is 116 Å². The van der Waals surface area contributed by atoms with Crippen LogP contribution >= 0.6 is 29.4 Å². The number of quaternary nitrogens is 1. The molecule has 0 saturated heterocycles. The van der Waals surface area contributed by atoms with Crippen LogP contribution in [0.1, 0.15) is 64.7 Å². The monoisotopic (exact) mass is 517 g/mol. The molecule has 8 nitrogen and oxygen atoms in total.